The van der Waals surface area contributed by atoms with Gasteiger partial charge in [-0.2, -0.15) is 0 Å². The van der Waals surface area contributed by atoms with E-state index in [9.17, 15) is 4.79 Å². The molecule has 0 saturated carbocycles. The fourth-order valence-corrected chi connectivity index (χ4v) is 3.57. The monoisotopic (exact) mass is 437 g/mol. The summed E-state index contributed by atoms with van der Waals surface area (Å²) in [6.45, 7) is 2.92. The molecule has 23 heavy (non-hydrogen) atoms. The highest BCUT2D eigenvalue weighted by Gasteiger charge is 2.11. The Hall–Kier alpha value is -1.54. The molecule has 0 fully saturated rings. The molecule has 2 aromatic carbocycles. The molecular weight excluding hydrogens is 421 g/mol. The van der Waals surface area contributed by atoms with Crippen molar-refractivity contribution in [1.29, 1.82) is 0 Å². The van der Waals surface area contributed by atoms with Crippen molar-refractivity contribution in [2.75, 3.05) is 11.1 Å². The Morgan fingerprint density at radius 3 is 2.70 bits per heavy atom. The number of carbonyl (C=O) groups is 1. The zero-order chi connectivity index (χ0) is 16.2. The van der Waals surface area contributed by atoms with Crippen LogP contribution in [0.15, 0.2) is 53.7 Å². The number of imidazole rings is 1. The number of halogens is 1. The molecule has 0 spiro atoms. The largest absolute Gasteiger partial charge is 0.325 e. The molecule has 118 valence electrons. The lowest BCUT2D eigenvalue weighted by Crippen LogP contribution is -2.14. The second kappa shape index (κ2) is 7.35. The molecule has 0 radical (unpaired) electrons. The summed E-state index contributed by atoms with van der Waals surface area (Å²) in [4.78, 5) is 16.7. The number of fused-ring (bicyclic) bond motifs is 1. The Bertz CT molecular complexity index is 829. The standard InChI is InChI=1S/C17H16IN3OS/c1-2-21-15-6-4-3-5-14(15)20-17(21)23-11-16(22)19-13-9-7-12(18)8-10-13/h3-10H,2,11H2,1H3,(H,19,22). The van der Waals surface area contributed by atoms with E-state index in [-0.39, 0.29) is 5.91 Å². The van der Waals surface area contributed by atoms with E-state index >= 15 is 0 Å². The van der Waals surface area contributed by atoms with Gasteiger partial charge in [-0.3, -0.25) is 4.79 Å². The third-order valence-corrected chi connectivity index (χ3v) is 5.09. The fraction of sp³-hybridized carbons (Fsp3) is 0.176. The second-order valence-corrected chi connectivity index (χ2v) is 7.16. The molecule has 0 aliphatic carbocycles. The van der Waals surface area contributed by atoms with Crippen molar-refractivity contribution < 1.29 is 4.79 Å². The van der Waals surface area contributed by atoms with Gasteiger partial charge in [0, 0.05) is 15.8 Å². The average Bonchev–Trinajstić information content (AvgIpc) is 2.92. The molecule has 3 rings (SSSR count). The maximum Gasteiger partial charge on any atom is 0.234 e. The maximum atomic E-state index is 12.1. The van der Waals surface area contributed by atoms with Crippen LogP contribution in [0.3, 0.4) is 0 Å². The van der Waals surface area contributed by atoms with E-state index < -0.39 is 0 Å². The van der Waals surface area contributed by atoms with E-state index in [0.29, 0.717) is 5.75 Å². The van der Waals surface area contributed by atoms with Gasteiger partial charge in [0.15, 0.2) is 5.16 Å². The Kier molecular flexibility index (Phi) is 5.22. The van der Waals surface area contributed by atoms with Gasteiger partial charge in [0.1, 0.15) is 0 Å². The van der Waals surface area contributed by atoms with Crippen LogP contribution in [0.5, 0.6) is 0 Å². The molecule has 0 atom stereocenters. The smallest absolute Gasteiger partial charge is 0.234 e. The third kappa shape index (κ3) is 3.87. The number of para-hydroxylation sites is 2. The lowest BCUT2D eigenvalue weighted by atomic mass is 10.3. The Morgan fingerprint density at radius 2 is 1.96 bits per heavy atom. The SMILES string of the molecule is CCn1c(SCC(=O)Nc2ccc(I)cc2)nc2ccccc21. The third-order valence-electron chi connectivity index (χ3n) is 3.40. The second-order valence-electron chi connectivity index (χ2n) is 4.97. The van der Waals surface area contributed by atoms with Gasteiger partial charge < -0.3 is 9.88 Å². The molecule has 6 heteroatoms. The van der Waals surface area contributed by atoms with Crippen molar-refractivity contribution in [1.82, 2.24) is 9.55 Å². The first-order chi connectivity index (χ1) is 11.2. The molecule has 1 aromatic heterocycles. The van der Waals surface area contributed by atoms with Gasteiger partial charge in [-0.1, -0.05) is 23.9 Å². The van der Waals surface area contributed by atoms with Gasteiger partial charge in [0.2, 0.25) is 5.91 Å². The summed E-state index contributed by atoms with van der Waals surface area (Å²) < 4.78 is 3.28. The summed E-state index contributed by atoms with van der Waals surface area (Å²) in [5, 5.41) is 3.79. The van der Waals surface area contributed by atoms with Crippen LogP contribution in [0.2, 0.25) is 0 Å². The number of amides is 1. The number of nitrogens with one attached hydrogen (secondary N) is 1. The number of hydrogen-bond donors (Lipinski definition) is 1. The molecule has 1 N–H and O–H groups in total. The molecule has 0 bridgehead atoms. The first kappa shape index (κ1) is 16.3. The number of aryl methyl sites for hydroxylation is 1. The number of carbonyl (C=O) groups excluding carboxylic acids is 1. The number of hydrogen-bond acceptors (Lipinski definition) is 3. The Labute approximate surface area is 152 Å². The lowest BCUT2D eigenvalue weighted by Gasteiger charge is -2.07. The van der Waals surface area contributed by atoms with E-state index in [1.54, 1.807) is 0 Å². The van der Waals surface area contributed by atoms with E-state index in [2.05, 4.69) is 50.4 Å². The van der Waals surface area contributed by atoms with E-state index in [1.807, 2.05) is 42.5 Å². The highest BCUT2D eigenvalue weighted by Crippen LogP contribution is 2.24. The van der Waals surface area contributed by atoms with Gasteiger partial charge in [-0.15, -0.1) is 0 Å². The van der Waals surface area contributed by atoms with Gasteiger partial charge >= 0.3 is 0 Å². The Morgan fingerprint density at radius 1 is 1.22 bits per heavy atom. The van der Waals surface area contributed by atoms with E-state index in [4.69, 9.17) is 0 Å². The van der Waals surface area contributed by atoms with Crippen molar-refractivity contribution in [2.24, 2.45) is 0 Å². The minimum atomic E-state index is -0.0223. The van der Waals surface area contributed by atoms with Gasteiger partial charge in [0.05, 0.1) is 16.8 Å². The van der Waals surface area contributed by atoms with Crippen molar-refractivity contribution in [3.05, 3.63) is 52.1 Å². The maximum absolute atomic E-state index is 12.1. The number of anilines is 1. The normalized spacial score (nSPS) is 10.9. The predicted octanol–water partition coefficient (Wildman–Crippen LogP) is 4.39. The minimum Gasteiger partial charge on any atom is -0.325 e. The minimum absolute atomic E-state index is 0.0223. The summed E-state index contributed by atoms with van der Waals surface area (Å²) in [6.07, 6.45) is 0. The summed E-state index contributed by atoms with van der Waals surface area (Å²) in [5.41, 5.74) is 2.89. The summed E-state index contributed by atoms with van der Waals surface area (Å²) >= 11 is 3.71. The molecule has 0 aliphatic heterocycles. The van der Waals surface area contributed by atoms with Crippen molar-refractivity contribution in [3.8, 4) is 0 Å². The van der Waals surface area contributed by atoms with Gasteiger partial charge in [-0.05, 0) is 65.9 Å². The topological polar surface area (TPSA) is 46.9 Å². The molecule has 0 saturated heterocycles. The first-order valence-corrected chi connectivity index (χ1v) is 9.37. The number of thioether (sulfide) groups is 1. The van der Waals surface area contributed by atoms with Crippen LogP contribution in [0.4, 0.5) is 5.69 Å². The number of aromatic nitrogens is 2. The van der Waals surface area contributed by atoms with Crippen LogP contribution in [-0.2, 0) is 11.3 Å². The van der Waals surface area contributed by atoms with Crippen LogP contribution in [-0.4, -0.2) is 21.2 Å². The molecule has 0 unspecified atom stereocenters. The quantitative estimate of drug-likeness (QED) is 0.476. The zero-order valence-electron chi connectivity index (χ0n) is 12.6. The lowest BCUT2D eigenvalue weighted by molar-refractivity contribution is -0.113. The average molecular weight is 437 g/mol. The highest BCUT2D eigenvalue weighted by atomic mass is 127. The van der Waals surface area contributed by atoms with Crippen molar-refractivity contribution in [3.63, 3.8) is 0 Å². The molecular formula is C17H16IN3OS. The summed E-state index contributed by atoms with van der Waals surface area (Å²) in [5.74, 6) is 0.320. The highest BCUT2D eigenvalue weighted by molar-refractivity contribution is 14.1. The Balaban J connectivity index is 1.68. The molecule has 1 amide bonds. The van der Waals surface area contributed by atoms with Crippen molar-refractivity contribution >= 4 is 57.0 Å². The number of nitrogens with zero attached hydrogens (tertiary/aromatic N) is 2. The van der Waals surface area contributed by atoms with E-state index in [0.717, 1.165) is 32.0 Å². The predicted molar refractivity (Wildman–Crippen MR) is 104 cm³/mol. The molecule has 1 heterocycles. The van der Waals surface area contributed by atoms with Crippen LogP contribution in [0.25, 0.3) is 11.0 Å². The van der Waals surface area contributed by atoms with Crippen LogP contribution >= 0.6 is 34.4 Å². The molecule has 4 nitrogen and oxygen atoms in total. The molecule has 3 aromatic rings. The summed E-state index contributed by atoms with van der Waals surface area (Å²) in [6, 6.07) is 15.8. The van der Waals surface area contributed by atoms with Crippen LogP contribution < -0.4 is 5.32 Å². The molecule has 0 aliphatic rings. The van der Waals surface area contributed by atoms with Crippen LogP contribution in [0.1, 0.15) is 6.92 Å². The number of rotatable bonds is 5. The van der Waals surface area contributed by atoms with Crippen molar-refractivity contribution in [2.45, 2.75) is 18.6 Å². The summed E-state index contributed by atoms with van der Waals surface area (Å²) in [7, 11) is 0. The fourth-order valence-electron chi connectivity index (χ4n) is 2.33. The van der Waals surface area contributed by atoms with Crippen LogP contribution in [0, 0.1) is 3.57 Å². The van der Waals surface area contributed by atoms with E-state index in [1.165, 1.54) is 11.8 Å². The first-order valence-electron chi connectivity index (χ1n) is 7.31. The van der Waals surface area contributed by atoms with Gasteiger partial charge in [0.25, 0.3) is 0 Å². The number of benzene rings is 2. The zero-order valence-corrected chi connectivity index (χ0v) is 15.6. The van der Waals surface area contributed by atoms with Gasteiger partial charge in [-0.25, -0.2) is 4.98 Å².